The van der Waals surface area contributed by atoms with Crippen LogP contribution in [0.15, 0.2) is 121 Å². The Morgan fingerprint density at radius 2 is 0.659 bits per heavy atom. The van der Waals surface area contributed by atoms with E-state index in [1.54, 1.807) is 28.1 Å². The van der Waals surface area contributed by atoms with Gasteiger partial charge in [0.05, 0.1) is 14.2 Å². The van der Waals surface area contributed by atoms with Gasteiger partial charge in [-0.3, -0.25) is 9.59 Å². The Bertz CT molecular complexity index is 1700. The lowest BCUT2D eigenvalue weighted by molar-refractivity contribution is 0.100. The van der Waals surface area contributed by atoms with E-state index in [0.29, 0.717) is 11.1 Å². The molecule has 0 heterocycles. The molecule has 0 bridgehead atoms. The number of ketones is 2. The summed E-state index contributed by atoms with van der Waals surface area (Å²) in [7, 11) is 3.33. The van der Waals surface area contributed by atoms with Crippen LogP contribution in [-0.4, -0.2) is 25.8 Å². The van der Waals surface area contributed by atoms with Crippen LogP contribution in [-0.2, 0) is 0 Å². The van der Waals surface area contributed by atoms with Crippen molar-refractivity contribution < 1.29 is 19.1 Å². The van der Waals surface area contributed by atoms with Gasteiger partial charge >= 0.3 is 0 Å². The third kappa shape index (κ3) is 7.11. The van der Waals surface area contributed by atoms with Crippen LogP contribution in [0.4, 0.5) is 0 Å². The first-order valence-electron chi connectivity index (χ1n) is 14.4. The van der Waals surface area contributed by atoms with Gasteiger partial charge in [0.15, 0.2) is 11.6 Å². The van der Waals surface area contributed by atoms with E-state index in [-0.39, 0.29) is 11.6 Å². The first-order valence-corrected chi connectivity index (χ1v) is 14.4. The number of rotatable bonds is 10. The molecule has 4 heteroatoms. The molecule has 0 atom stereocenters. The second-order valence-corrected chi connectivity index (χ2v) is 10.5. The minimum Gasteiger partial charge on any atom is -0.497 e. The fourth-order valence-corrected chi connectivity index (χ4v) is 5.00. The smallest absolute Gasteiger partial charge is 0.159 e. The van der Waals surface area contributed by atoms with E-state index in [1.165, 1.54) is 0 Å². The Kier molecular flexibility index (Phi) is 9.31. The average Bonchev–Trinajstić information content (AvgIpc) is 3.07. The van der Waals surface area contributed by atoms with Gasteiger partial charge in [-0.2, -0.15) is 0 Å². The van der Waals surface area contributed by atoms with E-state index in [1.807, 2.05) is 72.8 Å². The van der Waals surface area contributed by atoms with Crippen LogP contribution in [0.1, 0.15) is 67.9 Å². The third-order valence-electron chi connectivity index (χ3n) is 7.57. The van der Waals surface area contributed by atoms with Crippen molar-refractivity contribution in [2.24, 2.45) is 0 Å². The summed E-state index contributed by atoms with van der Waals surface area (Å²) in [5.74, 6) is 1.67. The molecule has 0 saturated carbocycles. The van der Waals surface area contributed by atoms with Crippen LogP contribution < -0.4 is 9.47 Å². The molecule has 5 aromatic rings. The van der Waals surface area contributed by atoms with E-state index in [2.05, 4.69) is 60.7 Å². The summed E-state index contributed by atoms with van der Waals surface area (Å²) in [4.78, 5) is 23.7. The van der Waals surface area contributed by atoms with Crippen molar-refractivity contribution in [3.8, 4) is 11.5 Å². The molecule has 5 rings (SSSR count). The standard InChI is InChI=1S/C40H34O4/c1-27(41)31-9-13-33(14-10-31)39(34-15-11-32(12-16-34)28(2)42)25-29-5-7-30(8-6-29)26-40(35-17-21-37(43-3)22-18-35)36-19-23-38(44-4)24-20-36/h5-26H,1-4H3. The molecule has 0 aliphatic carbocycles. The number of carbonyl (C=O) groups excluding carboxylic acids is 2. The Morgan fingerprint density at radius 1 is 0.409 bits per heavy atom. The van der Waals surface area contributed by atoms with Gasteiger partial charge in [0.1, 0.15) is 11.5 Å². The number of Topliss-reactive ketones (excluding diaryl/α,β-unsaturated/α-hetero) is 2. The third-order valence-corrected chi connectivity index (χ3v) is 7.57. The summed E-state index contributed by atoms with van der Waals surface area (Å²) in [6.45, 7) is 3.13. The Hall–Kier alpha value is -5.48. The molecule has 0 saturated heterocycles. The fraction of sp³-hybridized carbons (Fsp3) is 0.100. The van der Waals surface area contributed by atoms with Gasteiger partial charge < -0.3 is 9.47 Å². The number of hydrogen-bond donors (Lipinski definition) is 0. The lowest BCUT2D eigenvalue weighted by atomic mass is 9.93. The zero-order valence-corrected chi connectivity index (χ0v) is 25.3. The summed E-state index contributed by atoms with van der Waals surface area (Å²) in [5.41, 5.74) is 9.61. The summed E-state index contributed by atoms with van der Waals surface area (Å²) in [6, 6.07) is 39.8. The lowest BCUT2D eigenvalue weighted by Gasteiger charge is -2.12. The van der Waals surface area contributed by atoms with Crippen molar-refractivity contribution >= 4 is 34.9 Å². The number of ether oxygens (including phenoxy) is 2. The zero-order valence-electron chi connectivity index (χ0n) is 25.3. The summed E-state index contributed by atoms with van der Waals surface area (Å²) in [5, 5.41) is 0. The topological polar surface area (TPSA) is 52.6 Å². The zero-order chi connectivity index (χ0) is 31.1. The lowest BCUT2D eigenvalue weighted by Crippen LogP contribution is -1.95. The highest BCUT2D eigenvalue weighted by atomic mass is 16.5. The normalized spacial score (nSPS) is 10.5. The highest BCUT2D eigenvalue weighted by Gasteiger charge is 2.10. The highest BCUT2D eigenvalue weighted by molar-refractivity contribution is 5.98. The molecular formula is C40H34O4. The van der Waals surface area contributed by atoms with Gasteiger partial charge in [-0.15, -0.1) is 0 Å². The molecule has 0 spiro atoms. The molecule has 0 aromatic heterocycles. The summed E-state index contributed by atoms with van der Waals surface area (Å²) >= 11 is 0. The van der Waals surface area contributed by atoms with E-state index in [0.717, 1.165) is 56.0 Å². The summed E-state index contributed by atoms with van der Waals surface area (Å²) < 4.78 is 10.7. The number of benzene rings is 5. The second kappa shape index (κ2) is 13.7. The molecule has 0 fully saturated rings. The van der Waals surface area contributed by atoms with Crippen molar-refractivity contribution in [1.82, 2.24) is 0 Å². The fourth-order valence-electron chi connectivity index (χ4n) is 5.00. The van der Waals surface area contributed by atoms with Gasteiger partial charge in [-0.25, -0.2) is 0 Å². The maximum atomic E-state index is 11.9. The van der Waals surface area contributed by atoms with Crippen LogP contribution in [0.3, 0.4) is 0 Å². The van der Waals surface area contributed by atoms with E-state index < -0.39 is 0 Å². The molecule has 0 aliphatic rings. The van der Waals surface area contributed by atoms with Crippen LogP contribution in [0.2, 0.25) is 0 Å². The predicted octanol–water partition coefficient (Wildman–Crippen LogP) is 9.29. The molecule has 0 amide bonds. The van der Waals surface area contributed by atoms with Crippen molar-refractivity contribution in [3.05, 3.63) is 166 Å². The number of carbonyl (C=O) groups is 2. The molecule has 44 heavy (non-hydrogen) atoms. The predicted molar refractivity (Wildman–Crippen MR) is 179 cm³/mol. The maximum Gasteiger partial charge on any atom is 0.159 e. The SMILES string of the molecule is COc1ccc(C(=Cc2ccc(C=C(c3ccc(C(C)=O)cc3)c3ccc(C(C)=O)cc3)cc2)c2ccc(OC)cc2)cc1. The molecule has 0 N–H and O–H groups in total. The first kappa shape index (κ1) is 30.0. The molecule has 5 aromatic carbocycles. The second-order valence-electron chi connectivity index (χ2n) is 10.5. The Labute approximate surface area is 258 Å². The molecule has 218 valence electrons. The van der Waals surface area contributed by atoms with Crippen LogP contribution >= 0.6 is 0 Å². The number of methoxy groups -OCH3 is 2. The maximum absolute atomic E-state index is 11.9. The molecule has 4 nitrogen and oxygen atoms in total. The number of hydrogen-bond acceptors (Lipinski definition) is 4. The van der Waals surface area contributed by atoms with Crippen LogP contribution in [0.25, 0.3) is 23.3 Å². The summed E-state index contributed by atoms with van der Waals surface area (Å²) in [6.07, 6.45) is 4.31. The molecular weight excluding hydrogens is 544 g/mol. The van der Waals surface area contributed by atoms with Gasteiger partial charge in [0.2, 0.25) is 0 Å². The highest BCUT2D eigenvalue weighted by Crippen LogP contribution is 2.31. The molecule has 0 aliphatic heterocycles. The van der Waals surface area contributed by atoms with Crippen LogP contribution in [0.5, 0.6) is 11.5 Å². The molecule has 0 unspecified atom stereocenters. The van der Waals surface area contributed by atoms with Gasteiger partial charge in [0, 0.05) is 11.1 Å². The largest absolute Gasteiger partial charge is 0.497 e. The quantitative estimate of drug-likeness (QED) is 0.122. The Morgan fingerprint density at radius 3 is 0.909 bits per heavy atom. The van der Waals surface area contributed by atoms with Gasteiger partial charge in [-0.1, -0.05) is 97.1 Å². The van der Waals surface area contributed by atoms with Crippen molar-refractivity contribution in [2.45, 2.75) is 13.8 Å². The first-order chi connectivity index (χ1) is 21.3. The minimum atomic E-state index is 0.0279. The van der Waals surface area contributed by atoms with Crippen molar-refractivity contribution in [1.29, 1.82) is 0 Å². The van der Waals surface area contributed by atoms with E-state index >= 15 is 0 Å². The van der Waals surface area contributed by atoms with Crippen molar-refractivity contribution in [3.63, 3.8) is 0 Å². The van der Waals surface area contributed by atoms with E-state index in [9.17, 15) is 9.59 Å². The van der Waals surface area contributed by atoms with Crippen molar-refractivity contribution in [2.75, 3.05) is 14.2 Å². The van der Waals surface area contributed by atoms with Gasteiger partial charge in [0.25, 0.3) is 0 Å². The molecule has 0 radical (unpaired) electrons. The van der Waals surface area contributed by atoms with E-state index in [4.69, 9.17) is 9.47 Å². The van der Waals surface area contributed by atoms with Gasteiger partial charge in [-0.05, 0) is 94.8 Å². The Balaban J connectivity index is 1.53. The minimum absolute atomic E-state index is 0.0279. The monoisotopic (exact) mass is 578 g/mol. The van der Waals surface area contributed by atoms with Crippen LogP contribution in [0, 0.1) is 0 Å². The average molecular weight is 579 g/mol.